The van der Waals surface area contributed by atoms with Gasteiger partial charge in [0.25, 0.3) is 0 Å². The second-order valence-corrected chi connectivity index (χ2v) is 17.4. The zero-order chi connectivity index (χ0) is 42.6. The fraction of sp³-hybridized carbons (Fsp3) is 0.129. The summed E-state index contributed by atoms with van der Waals surface area (Å²) >= 11 is 0. The van der Waals surface area contributed by atoms with E-state index in [1.54, 1.807) is 0 Å². The highest BCUT2D eigenvalue weighted by Gasteiger charge is 2.37. The molecule has 0 radical (unpaired) electrons. The molecule has 0 bridgehead atoms. The molecule has 9 aromatic carbocycles. The van der Waals surface area contributed by atoms with Crippen LogP contribution in [0.5, 0.6) is 0 Å². The maximum absolute atomic E-state index is 2.40. The van der Waals surface area contributed by atoms with Crippen LogP contribution in [0.4, 0.5) is 0 Å². The molecule has 0 aliphatic rings. The maximum atomic E-state index is 2.40. The molecule has 0 saturated heterocycles. The summed E-state index contributed by atoms with van der Waals surface area (Å²) in [6, 6.07) is 93.9. The molecule has 0 N–H and O–H groups in total. The largest absolute Gasteiger partial charge is 0.0622 e. The Kier molecular flexibility index (Phi) is 10.9. The topological polar surface area (TPSA) is 0 Å². The average molecular weight is 799 g/mol. The van der Waals surface area contributed by atoms with Gasteiger partial charge in [-0.1, -0.05) is 255 Å². The van der Waals surface area contributed by atoms with E-state index in [1.165, 1.54) is 66.8 Å². The smallest absolute Gasteiger partial charge is 0.0423 e. The lowest BCUT2D eigenvalue weighted by Crippen LogP contribution is -2.29. The Morgan fingerprint density at radius 2 is 0.242 bits per heavy atom. The van der Waals surface area contributed by atoms with Gasteiger partial charge in [-0.25, -0.2) is 0 Å². The third kappa shape index (κ3) is 7.00. The van der Waals surface area contributed by atoms with Crippen molar-refractivity contribution in [1.82, 2.24) is 0 Å². The molecular weight excluding hydrogens is 745 g/mol. The summed E-state index contributed by atoms with van der Waals surface area (Å²) < 4.78 is 0. The molecule has 0 aliphatic carbocycles. The van der Waals surface area contributed by atoms with Gasteiger partial charge in [0, 0.05) is 21.7 Å². The Morgan fingerprint density at radius 3 is 0.355 bits per heavy atom. The van der Waals surface area contributed by atoms with E-state index >= 15 is 0 Å². The lowest BCUT2D eigenvalue weighted by Gasteiger charge is -2.36. The van der Waals surface area contributed by atoms with Crippen molar-refractivity contribution in [1.29, 1.82) is 0 Å². The predicted octanol–water partition coefficient (Wildman–Crippen LogP) is 15.1. The summed E-state index contributed by atoms with van der Waals surface area (Å²) in [5.74, 6) is 0. The first-order chi connectivity index (χ1) is 30.3. The minimum atomic E-state index is -0.475. The zero-order valence-electron chi connectivity index (χ0n) is 36.2. The molecule has 0 atom stereocenters. The van der Waals surface area contributed by atoms with Gasteiger partial charge in [0.2, 0.25) is 0 Å². The van der Waals surface area contributed by atoms with Gasteiger partial charge >= 0.3 is 0 Å². The Hall–Kier alpha value is -7.02. The van der Waals surface area contributed by atoms with Gasteiger partial charge in [-0.2, -0.15) is 0 Å². The first kappa shape index (κ1) is 40.4. The molecule has 0 heterocycles. The Morgan fingerprint density at radius 1 is 0.145 bits per heavy atom. The molecule has 0 aromatic heterocycles. The molecule has 302 valence electrons. The van der Waals surface area contributed by atoms with Crippen molar-refractivity contribution in [3.8, 4) is 0 Å². The van der Waals surface area contributed by atoms with Crippen LogP contribution in [0.3, 0.4) is 0 Å². The third-order valence-corrected chi connectivity index (χ3v) is 14.2. The predicted molar refractivity (Wildman–Crippen MR) is 260 cm³/mol. The van der Waals surface area contributed by atoms with Crippen molar-refractivity contribution in [3.63, 3.8) is 0 Å². The van der Waals surface area contributed by atoms with Crippen molar-refractivity contribution in [2.24, 2.45) is 0 Å². The third-order valence-electron chi connectivity index (χ3n) is 14.2. The summed E-state index contributed by atoms with van der Waals surface area (Å²) in [6.45, 7) is 9.48. The van der Waals surface area contributed by atoms with Gasteiger partial charge in [0.05, 0.1) is 0 Å². The van der Waals surface area contributed by atoms with E-state index in [2.05, 4.69) is 282 Å². The fourth-order valence-electron chi connectivity index (χ4n) is 10.0. The van der Waals surface area contributed by atoms with E-state index in [0.717, 1.165) is 0 Å². The van der Waals surface area contributed by atoms with Crippen LogP contribution in [-0.4, -0.2) is 0 Å². The summed E-state index contributed by atoms with van der Waals surface area (Å²) in [5, 5.41) is 0. The molecular formula is C62H54. The molecule has 9 aromatic rings. The molecule has 0 amide bonds. The Balaban J connectivity index is 1.19. The summed E-state index contributed by atoms with van der Waals surface area (Å²) in [6.07, 6.45) is 0. The van der Waals surface area contributed by atoms with Crippen molar-refractivity contribution in [2.75, 3.05) is 0 Å². The maximum Gasteiger partial charge on any atom is 0.0423 e. The standard InChI is InChI=1S/C62H54/c1-59(47-23-11-5-12-24-47,48-25-13-6-14-26-48)53-35-41-56(42-36-53)62(4,57-43-37-54(38-44-57)60(2,49-27-15-7-16-28-49)50-29-17-8-18-30-50)58-45-39-55(40-46-58)61(3,51-31-19-9-20-32-51)52-33-21-10-22-34-52/h5-46H,1-4H3. The van der Waals surface area contributed by atoms with Crippen molar-refractivity contribution < 1.29 is 0 Å². The van der Waals surface area contributed by atoms with Gasteiger partial charge in [-0.15, -0.1) is 0 Å². The van der Waals surface area contributed by atoms with Crippen molar-refractivity contribution in [3.05, 3.63) is 322 Å². The first-order valence-electron chi connectivity index (χ1n) is 21.9. The van der Waals surface area contributed by atoms with Crippen LogP contribution in [0.15, 0.2) is 255 Å². The molecule has 9 rings (SSSR count). The molecule has 0 fully saturated rings. The lowest BCUT2D eigenvalue weighted by atomic mass is 9.66. The number of hydrogen-bond donors (Lipinski definition) is 0. The summed E-state index contributed by atoms with van der Waals surface area (Å²) in [4.78, 5) is 0. The summed E-state index contributed by atoms with van der Waals surface area (Å²) in [5.41, 5.74) is 13.7. The highest BCUT2D eigenvalue weighted by atomic mass is 14.4. The van der Waals surface area contributed by atoms with Gasteiger partial charge in [-0.3, -0.25) is 0 Å². The lowest BCUT2D eigenvalue weighted by molar-refractivity contribution is 0.666. The van der Waals surface area contributed by atoms with Crippen LogP contribution in [0.1, 0.15) is 94.5 Å². The molecule has 62 heavy (non-hydrogen) atoms. The minimum Gasteiger partial charge on any atom is -0.0622 e. The van der Waals surface area contributed by atoms with E-state index in [1.807, 2.05) is 0 Å². The van der Waals surface area contributed by atoms with E-state index in [0.29, 0.717) is 0 Å². The van der Waals surface area contributed by atoms with Crippen LogP contribution >= 0.6 is 0 Å². The second-order valence-electron chi connectivity index (χ2n) is 17.4. The van der Waals surface area contributed by atoms with E-state index in [-0.39, 0.29) is 16.2 Å². The van der Waals surface area contributed by atoms with Crippen LogP contribution in [0, 0.1) is 0 Å². The quantitative estimate of drug-likeness (QED) is 0.108. The molecule has 0 heteroatoms. The fourth-order valence-corrected chi connectivity index (χ4v) is 10.0. The highest BCUT2D eigenvalue weighted by Crippen LogP contribution is 2.46. The Bertz CT molecular complexity index is 2370. The van der Waals surface area contributed by atoms with Crippen LogP contribution in [0.2, 0.25) is 0 Å². The number of benzene rings is 9. The van der Waals surface area contributed by atoms with E-state index in [9.17, 15) is 0 Å². The first-order valence-corrected chi connectivity index (χ1v) is 21.9. The van der Waals surface area contributed by atoms with E-state index in [4.69, 9.17) is 0 Å². The van der Waals surface area contributed by atoms with Crippen molar-refractivity contribution in [2.45, 2.75) is 49.4 Å². The SMILES string of the molecule is CC(c1ccccc1)(c1ccccc1)c1ccc(C(C)(c2ccc(C(C)(c3ccccc3)c3ccccc3)cc2)c2ccc(C(C)(c3ccccc3)c3ccccc3)cc2)cc1. The van der Waals surface area contributed by atoms with Crippen LogP contribution in [-0.2, 0) is 21.7 Å². The number of rotatable bonds is 12. The van der Waals surface area contributed by atoms with Gasteiger partial charge in [0.1, 0.15) is 0 Å². The van der Waals surface area contributed by atoms with Crippen molar-refractivity contribution >= 4 is 0 Å². The van der Waals surface area contributed by atoms with Gasteiger partial charge in [0.15, 0.2) is 0 Å². The number of hydrogen-bond acceptors (Lipinski definition) is 0. The minimum absolute atomic E-state index is 0.334. The molecule has 0 unspecified atom stereocenters. The van der Waals surface area contributed by atoms with E-state index < -0.39 is 5.41 Å². The van der Waals surface area contributed by atoms with Crippen LogP contribution in [0.25, 0.3) is 0 Å². The molecule has 0 saturated carbocycles. The van der Waals surface area contributed by atoms with Gasteiger partial charge in [-0.05, 0) is 94.5 Å². The highest BCUT2D eigenvalue weighted by molar-refractivity contribution is 5.58. The zero-order valence-corrected chi connectivity index (χ0v) is 36.2. The Labute approximate surface area is 369 Å². The molecule has 0 nitrogen and oxygen atoms in total. The average Bonchev–Trinajstić information content (AvgIpc) is 3.37. The van der Waals surface area contributed by atoms with Gasteiger partial charge < -0.3 is 0 Å². The normalized spacial score (nSPS) is 12.2. The second kappa shape index (κ2) is 16.8. The molecule has 0 spiro atoms. The van der Waals surface area contributed by atoms with Crippen LogP contribution < -0.4 is 0 Å². The monoisotopic (exact) mass is 798 g/mol. The molecule has 0 aliphatic heterocycles. The summed E-state index contributed by atoms with van der Waals surface area (Å²) in [7, 11) is 0.